The molecule has 1 aromatic carbocycles. The summed E-state index contributed by atoms with van der Waals surface area (Å²) < 4.78 is 18.8. The van der Waals surface area contributed by atoms with Crippen molar-refractivity contribution in [1.82, 2.24) is 25.6 Å². The molecule has 3 aliphatic carbocycles. The van der Waals surface area contributed by atoms with Gasteiger partial charge in [-0.1, -0.05) is 44.2 Å². The Bertz CT molecular complexity index is 1370. The minimum absolute atomic E-state index is 0.00715. The molecule has 2 N–H and O–H groups in total. The molecule has 3 heterocycles. The van der Waals surface area contributed by atoms with E-state index in [1.165, 1.54) is 36.6 Å². The zero-order chi connectivity index (χ0) is 29.3. The Morgan fingerprint density at radius 1 is 1.07 bits per heavy atom. The van der Waals surface area contributed by atoms with Crippen molar-refractivity contribution in [3.8, 4) is 0 Å². The van der Waals surface area contributed by atoms with Gasteiger partial charge in [0, 0.05) is 12.4 Å². The molecular formula is C31H38BN5O5. The summed E-state index contributed by atoms with van der Waals surface area (Å²) in [5.41, 5.74) is 1.16. The van der Waals surface area contributed by atoms with Crippen molar-refractivity contribution in [2.24, 2.45) is 17.3 Å². The third-order valence-corrected chi connectivity index (χ3v) is 9.73. The van der Waals surface area contributed by atoms with Crippen LogP contribution in [0.2, 0.25) is 0 Å². The lowest BCUT2D eigenvalue weighted by Gasteiger charge is -2.64. The van der Waals surface area contributed by atoms with Gasteiger partial charge in [-0.05, 0) is 61.8 Å². The van der Waals surface area contributed by atoms with Gasteiger partial charge in [0.1, 0.15) is 18.0 Å². The van der Waals surface area contributed by atoms with Gasteiger partial charge in [-0.3, -0.25) is 14.6 Å². The Balaban J connectivity index is 1.20. The van der Waals surface area contributed by atoms with E-state index in [1.807, 2.05) is 18.2 Å². The van der Waals surface area contributed by atoms with Crippen LogP contribution in [0.3, 0.4) is 0 Å². The molecule has 2 bridgehead atoms. The molecule has 6 atom stereocenters. The second-order valence-corrected chi connectivity index (χ2v) is 12.6. The summed E-state index contributed by atoms with van der Waals surface area (Å²) in [7, 11) is -0.590. The van der Waals surface area contributed by atoms with Crippen LogP contribution < -0.4 is 10.6 Å². The molecule has 0 spiro atoms. The maximum atomic E-state index is 13.9. The van der Waals surface area contributed by atoms with Crippen LogP contribution in [0.5, 0.6) is 0 Å². The smallest absolute Gasteiger partial charge is 0.449 e. The molecule has 3 saturated carbocycles. The quantitative estimate of drug-likeness (QED) is 0.335. The van der Waals surface area contributed by atoms with Gasteiger partial charge in [-0.2, -0.15) is 0 Å². The summed E-state index contributed by atoms with van der Waals surface area (Å²) in [5.74, 6) is 0.0730. The minimum atomic E-state index is -0.958. The highest BCUT2D eigenvalue weighted by molar-refractivity contribution is 6.47. The standard InChI is InChI=1S/C31H38BN5O5/c1-30(2)21-16-24(30)31(3)25(17-21)41-32(42-31)26(11-7-10-20-8-5-4-6-9-20)37-28(38)22(18-27-35-14-15-40-27)36-29(39)23-19-33-12-13-34-23/h4-6,8-9,12-15,19,21-22,24-26H,7,10-11,16-18H2,1-3H3,(H,36,39)(H,37,38)/t21-,22?,24-,25+,26-,31-/m0/s1. The zero-order valence-electron chi connectivity index (χ0n) is 24.4. The van der Waals surface area contributed by atoms with Crippen molar-refractivity contribution in [3.05, 3.63) is 78.5 Å². The first kappa shape index (κ1) is 28.5. The maximum absolute atomic E-state index is 13.9. The van der Waals surface area contributed by atoms with Crippen LogP contribution in [0.1, 0.15) is 68.4 Å². The van der Waals surface area contributed by atoms with E-state index in [0.29, 0.717) is 24.1 Å². The van der Waals surface area contributed by atoms with E-state index in [2.05, 4.69) is 58.5 Å². The number of aryl methyl sites for hydroxylation is 1. The Morgan fingerprint density at radius 2 is 1.90 bits per heavy atom. The Kier molecular flexibility index (Phi) is 7.89. The highest BCUT2D eigenvalue weighted by Crippen LogP contribution is 2.65. The molecular weight excluding hydrogens is 533 g/mol. The van der Waals surface area contributed by atoms with E-state index in [-0.39, 0.29) is 29.5 Å². The number of benzene rings is 1. The van der Waals surface area contributed by atoms with Crippen LogP contribution in [0.4, 0.5) is 0 Å². The number of nitrogens with zero attached hydrogens (tertiary/aromatic N) is 3. The number of oxazole rings is 1. The number of amides is 2. The number of rotatable bonds is 11. The van der Waals surface area contributed by atoms with Crippen molar-refractivity contribution in [2.45, 2.75) is 83.0 Å². The van der Waals surface area contributed by atoms with E-state index in [1.54, 1.807) is 0 Å². The molecule has 4 fully saturated rings. The molecule has 0 radical (unpaired) electrons. The van der Waals surface area contributed by atoms with Crippen LogP contribution in [0, 0.1) is 17.3 Å². The van der Waals surface area contributed by atoms with E-state index >= 15 is 0 Å². The number of hydrogen-bond acceptors (Lipinski definition) is 8. The lowest BCUT2D eigenvalue weighted by atomic mass is 9.43. The fourth-order valence-electron chi connectivity index (χ4n) is 7.19. The van der Waals surface area contributed by atoms with Crippen LogP contribution in [0.15, 0.2) is 65.8 Å². The van der Waals surface area contributed by atoms with Crippen molar-refractivity contribution in [2.75, 3.05) is 0 Å². The molecule has 2 aromatic heterocycles. The molecule has 220 valence electrons. The third-order valence-electron chi connectivity index (χ3n) is 9.73. The average Bonchev–Trinajstić information content (AvgIpc) is 3.64. The van der Waals surface area contributed by atoms with Gasteiger partial charge < -0.3 is 24.4 Å². The fraction of sp³-hybridized carbons (Fsp3) is 0.516. The largest absolute Gasteiger partial charge is 0.481 e. The van der Waals surface area contributed by atoms with Crippen molar-refractivity contribution in [1.29, 1.82) is 0 Å². The molecule has 3 aromatic rings. The van der Waals surface area contributed by atoms with Crippen LogP contribution >= 0.6 is 0 Å². The molecule has 7 rings (SSSR count). The topological polar surface area (TPSA) is 128 Å². The van der Waals surface area contributed by atoms with Gasteiger partial charge in [0.2, 0.25) is 5.91 Å². The van der Waals surface area contributed by atoms with Crippen molar-refractivity contribution < 1.29 is 23.3 Å². The summed E-state index contributed by atoms with van der Waals surface area (Å²) >= 11 is 0. The first-order chi connectivity index (χ1) is 20.2. The Hall–Kier alpha value is -3.57. The molecule has 1 unspecified atom stereocenters. The lowest BCUT2D eigenvalue weighted by molar-refractivity contribution is -0.199. The SMILES string of the molecule is CC1(C)[C@@H]2C[C@H]3OB([C@H](CCCc4ccccc4)NC(=O)C(Cc4ncco4)NC(=O)c4cnccn4)O[C@@]3(C)[C@H]1C2. The first-order valence-corrected chi connectivity index (χ1v) is 14.9. The summed E-state index contributed by atoms with van der Waals surface area (Å²) in [5, 5.41) is 5.98. The highest BCUT2D eigenvalue weighted by Gasteiger charge is 2.68. The Morgan fingerprint density at radius 3 is 2.62 bits per heavy atom. The average molecular weight is 571 g/mol. The Labute approximate surface area is 246 Å². The number of carbonyl (C=O) groups excluding carboxylic acids is 2. The predicted octanol–water partition coefficient (Wildman–Crippen LogP) is 3.58. The van der Waals surface area contributed by atoms with E-state index in [9.17, 15) is 9.59 Å². The van der Waals surface area contributed by atoms with Crippen LogP contribution in [0.25, 0.3) is 0 Å². The highest BCUT2D eigenvalue weighted by atomic mass is 16.7. The monoisotopic (exact) mass is 571 g/mol. The molecule has 2 amide bonds. The summed E-state index contributed by atoms with van der Waals surface area (Å²) in [4.78, 5) is 39.0. The van der Waals surface area contributed by atoms with Crippen LogP contribution in [-0.4, -0.2) is 57.6 Å². The molecule has 4 aliphatic rings. The maximum Gasteiger partial charge on any atom is 0.481 e. The van der Waals surface area contributed by atoms with E-state index in [4.69, 9.17) is 13.7 Å². The first-order valence-electron chi connectivity index (χ1n) is 14.9. The second kappa shape index (κ2) is 11.6. The molecule has 10 nitrogen and oxygen atoms in total. The summed E-state index contributed by atoms with van der Waals surface area (Å²) in [6.07, 6.45) is 11.7. The van der Waals surface area contributed by atoms with Crippen LogP contribution in [-0.2, 0) is 26.9 Å². The van der Waals surface area contributed by atoms with Gasteiger partial charge in [-0.25, -0.2) is 9.97 Å². The third kappa shape index (κ3) is 5.59. The lowest BCUT2D eigenvalue weighted by Crippen LogP contribution is -2.65. The number of hydrogen-bond donors (Lipinski definition) is 2. The van der Waals surface area contributed by atoms with Crippen molar-refractivity contribution in [3.63, 3.8) is 0 Å². The van der Waals surface area contributed by atoms with Gasteiger partial charge in [-0.15, -0.1) is 0 Å². The van der Waals surface area contributed by atoms with Crippen molar-refractivity contribution >= 4 is 18.9 Å². The van der Waals surface area contributed by atoms with E-state index < -0.39 is 30.6 Å². The normalized spacial score (nSPS) is 26.9. The van der Waals surface area contributed by atoms with Gasteiger partial charge in [0.15, 0.2) is 5.89 Å². The summed E-state index contributed by atoms with van der Waals surface area (Å²) in [6.45, 7) is 6.83. The van der Waals surface area contributed by atoms with Gasteiger partial charge in [0.05, 0.1) is 36.5 Å². The molecule has 1 aliphatic heterocycles. The second-order valence-electron chi connectivity index (χ2n) is 12.6. The summed E-state index contributed by atoms with van der Waals surface area (Å²) in [6, 6.07) is 9.32. The molecule has 42 heavy (non-hydrogen) atoms. The van der Waals surface area contributed by atoms with E-state index in [0.717, 1.165) is 25.7 Å². The van der Waals surface area contributed by atoms with Gasteiger partial charge >= 0.3 is 7.12 Å². The molecule has 11 heteroatoms. The molecule has 1 saturated heterocycles. The zero-order valence-corrected chi connectivity index (χ0v) is 24.4. The van der Waals surface area contributed by atoms with Gasteiger partial charge in [0.25, 0.3) is 5.91 Å². The number of carbonyl (C=O) groups is 2. The minimum Gasteiger partial charge on any atom is -0.449 e. The number of nitrogens with one attached hydrogen (secondary N) is 2. The fourth-order valence-corrected chi connectivity index (χ4v) is 7.19. The number of aromatic nitrogens is 3. The predicted molar refractivity (Wildman–Crippen MR) is 155 cm³/mol.